The molecule has 0 spiro atoms. The summed E-state index contributed by atoms with van der Waals surface area (Å²) in [4.78, 5) is 28.1. The summed E-state index contributed by atoms with van der Waals surface area (Å²) < 4.78 is 16.4. The van der Waals surface area contributed by atoms with Gasteiger partial charge in [0.1, 0.15) is 11.5 Å². The van der Waals surface area contributed by atoms with E-state index in [4.69, 9.17) is 14.2 Å². The fraction of sp³-hybridized carbons (Fsp3) is 0.360. The smallest absolute Gasteiger partial charge is 0.295 e. The molecular formula is C25H25NO6. The molecule has 0 aromatic heterocycles. The highest BCUT2D eigenvalue weighted by Crippen LogP contribution is 2.45. The van der Waals surface area contributed by atoms with Crippen molar-refractivity contribution in [1.29, 1.82) is 0 Å². The van der Waals surface area contributed by atoms with E-state index in [-0.39, 0.29) is 24.2 Å². The maximum atomic E-state index is 13.2. The molecule has 5 rings (SSSR count). The van der Waals surface area contributed by atoms with Crippen molar-refractivity contribution in [3.05, 3.63) is 59.2 Å². The molecule has 1 saturated carbocycles. The minimum absolute atomic E-state index is 0.0331. The number of ether oxygens (including phenoxy) is 3. The Kier molecular flexibility index (Phi) is 5.25. The topological polar surface area (TPSA) is 85.3 Å². The number of ketones is 1. The summed E-state index contributed by atoms with van der Waals surface area (Å²) in [5, 5.41) is 11.3. The molecule has 166 valence electrons. The molecule has 3 aliphatic rings. The molecule has 1 atom stereocenters. The third-order valence-corrected chi connectivity index (χ3v) is 6.33. The number of hydrogen-bond acceptors (Lipinski definition) is 6. The van der Waals surface area contributed by atoms with Crippen LogP contribution in [-0.4, -0.2) is 41.1 Å². The number of nitrogens with zero attached hydrogens (tertiary/aromatic N) is 1. The molecule has 2 fully saturated rings. The van der Waals surface area contributed by atoms with Crippen LogP contribution in [0.25, 0.3) is 5.76 Å². The number of hydrogen-bond donors (Lipinski definition) is 1. The van der Waals surface area contributed by atoms with Crippen LogP contribution < -0.4 is 14.2 Å². The molecule has 1 N–H and O–H groups in total. The number of likely N-dealkylation sites (tertiary alicyclic amines) is 1. The Morgan fingerprint density at radius 1 is 1.09 bits per heavy atom. The van der Waals surface area contributed by atoms with Crippen molar-refractivity contribution < 1.29 is 28.9 Å². The van der Waals surface area contributed by atoms with Crippen molar-refractivity contribution in [2.45, 2.75) is 44.7 Å². The maximum absolute atomic E-state index is 13.2. The van der Waals surface area contributed by atoms with Gasteiger partial charge in [0.15, 0.2) is 11.5 Å². The Hall–Kier alpha value is -3.48. The molecular weight excluding hydrogens is 410 g/mol. The predicted octanol–water partition coefficient (Wildman–Crippen LogP) is 4.18. The van der Waals surface area contributed by atoms with E-state index in [2.05, 4.69) is 0 Å². The largest absolute Gasteiger partial charge is 0.507 e. The van der Waals surface area contributed by atoms with Gasteiger partial charge in [0, 0.05) is 11.6 Å². The number of carbonyl (C=O) groups excluding carboxylic acids is 2. The summed E-state index contributed by atoms with van der Waals surface area (Å²) in [6, 6.07) is 11.7. The van der Waals surface area contributed by atoms with Gasteiger partial charge < -0.3 is 24.2 Å². The number of benzene rings is 2. The van der Waals surface area contributed by atoms with E-state index in [9.17, 15) is 14.7 Å². The third kappa shape index (κ3) is 3.38. The summed E-state index contributed by atoms with van der Waals surface area (Å²) in [5.74, 6) is 0.284. The second-order valence-corrected chi connectivity index (χ2v) is 8.22. The second-order valence-electron chi connectivity index (χ2n) is 8.22. The van der Waals surface area contributed by atoms with E-state index in [0.717, 1.165) is 31.2 Å². The summed E-state index contributed by atoms with van der Waals surface area (Å²) in [5.41, 5.74) is 1.24. The van der Waals surface area contributed by atoms with E-state index >= 15 is 0 Å². The average molecular weight is 435 g/mol. The summed E-state index contributed by atoms with van der Waals surface area (Å²) in [6.07, 6.45) is 3.72. The van der Waals surface area contributed by atoms with Gasteiger partial charge in [0.05, 0.1) is 18.2 Å². The Morgan fingerprint density at radius 3 is 2.66 bits per heavy atom. The average Bonchev–Trinajstić information content (AvgIpc) is 3.54. The first kappa shape index (κ1) is 20.4. The highest BCUT2D eigenvalue weighted by atomic mass is 16.7. The number of aliphatic hydroxyl groups excluding tert-OH is 1. The molecule has 32 heavy (non-hydrogen) atoms. The number of aliphatic hydroxyl groups is 1. The highest BCUT2D eigenvalue weighted by molar-refractivity contribution is 6.46. The quantitative estimate of drug-likeness (QED) is 0.431. The number of fused-ring (bicyclic) bond motifs is 1. The normalized spacial score (nSPS) is 22.0. The standard InChI is InChI=1S/C25H25NO6/c1-2-30-18-9-5-6-15(12-18)22-21(24(28)25(29)26(22)17-7-3-4-8-17)23(27)16-10-11-19-20(13-16)32-14-31-19/h5-6,9-13,17,22,27H,2-4,7-8,14H2,1H3/b23-21-. The van der Waals surface area contributed by atoms with Gasteiger partial charge in [-0.3, -0.25) is 9.59 Å². The lowest BCUT2D eigenvalue weighted by molar-refractivity contribution is -0.141. The van der Waals surface area contributed by atoms with Gasteiger partial charge >= 0.3 is 0 Å². The van der Waals surface area contributed by atoms with Gasteiger partial charge in [0.25, 0.3) is 11.7 Å². The predicted molar refractivity (Wildman–Crippen MR) is 117 cm³/mol. The first-order valence-electron chi connectivity index (χ1n) is 11.0. The van der Waals surface area contributed by atoms with Crippen molar-refractivity contribution in [2.24, 2.45) is 0 Å². The Labute approximate surface area is 186 Å². The monoisotopic (exact) mass is 435 g/mol. The van der Waals surface area contributed by atoms with Crippen LogP contribution in [0.4, 0.5) is 0 Å². The molecule has 1 aliphatic carbocycles. The molecule has 1 amide bonds. The van der Waals surface area contributed by atoms with Gasteiger partial charge in [-0.15, -0.1) is 0 Å². The fourth-order valence-corrected chi connectivity index (χ4v) is 4.88. The fourth-order valence-electron chi connectivity index (χ4n) is 4.88. The maximum Gasteiger partial charge on any atom is 0.295 e. The van der Waals surface area contributed by atoms with Crippen LogP contribution in [0.5, 0.6) is 17.2 Å². The van der Waals surface area contributed by atoms with Crippen molar-refractivity contribution >= 4 is 17.4 Å². The van der Waals surface area contributed by atoms with Gasteiger partial charge in [0.2, 0.25) is 6.79 Å². The minimum Gasteiger partial charge on any atom is -0.507 e. The highest BCUT2D eigenvalue weighted by Gasteiger charge is 2.49. The first-order chi connectivity index (χ1) is 15.6. The molecule has 2 aliphatic heterocycles. The SMILES string of the molecule is CCOc1cccc(C2/C(=C(/O)c3ccc4c(c3)OCO4)C(=O)C(=O)N2C2CCCC2)c1. The summed E-state index contributed by atoms with van der Waals surface area (Å²) in [7, 11) is 0. The van der Waals surface area contributed by atoms with Gasteiger partial charge in [-0.1, -0.05) is 25.0 Å². The molecule has 0 bridgehead atoms. The summed E-state index contributed by atoms with van der Waals surface area (Å²) in [6.45, 7) is 2.51. The third-order valence-electron chi connectivity index (χ3n) is 6.33. The lowest BCUT2D eigenvalue weighted by atomic mass is 9.94. The first-order valence-corrected chi connectivity index (χ1v) is 11.0. The second kappa shape index (κ2) is 8.22. The lowest BCUT2D eigenvalue weighted by Crippen LogP contribution is -2.37. The zero-order valence-electron chi connectivity index (χ0n) is 17.9. The van der Waals surface area contributed by atoms with Crippen LogP contribution in [0.3, 0.4) is 0 Å². The Bertz CT molecular complexity index is 1100. The van der Waals surface area contributed by atoms with E-state index in [1.165, 1.54) is 0 Å². The van der Waals surface area contributed by atoms with Crippen molar-refractivity contribution in [3.8, 4) is 17.2 Å². The van der Waals surface area contributed by atoms with Gasteiger partial charge in [-0.25, -0.2) is 0 Å². The molecule has 7 nitrogen and oxygen atoms in total. The molecule has 2 aromatic rings. The molecule has 1 saturated heterocycles. The molecule has 2 aromatic carbocycles. The van der Waals surface area contributed by atoms with Crippen LogP contribution in [0.2, 0.25) is 0 Å². The van der Waals surface area contributed by atoms with Crippen LogP contribution in [0, 0.1) is 0 Å². The van der Waals surface area contributed by atoms with Gasteiger partial charge in [-0.2, -0.15) is 0 Å². The van der Waals surface area contributed by atoms with Gasteiger partial charge in [-0.05, 0) is 55.7 Å². The number of Topliss-reactive ketones (excluding diaryl/α,β-unsaturated/α-hetero) is 1. The van der Waals surface area contributed by atoms with E-state index < -0.39 is 17.7 Å². The number of carbonyl (C=O) groups is 2. The lowest BCUT2D eigenvalue weighted by Gasteiger charge is -2.31. The Morgan fingerprint density at radius 2 is 1.88 bits per heavy atom. The molecule has 2 heterocycles. The summed E-state index contributed by atoms with van der Waals surface area (Å²) >= 11 is 0. The molecule has 7 heteroatoms. The number of amides is 1. The van der Waals surface area contributed by atoms with Crippen LogP contribution in [-0.2, 0) is 9.59 Å². The van der Waals surface area contributed by atoms with E-state index in [1.54, 1.807) is 23.1 Å². The van der Waals surface area contributed by atoms with Crippen molar-refractivity contribution in [1.82, 2.24) is 4.90 Å². The van der Waals surface area contributed by atoms with Crippen LogP contribution >= 0.6 is 0 Å². The molecule has 0 radical (unpaired) electrons. The zero-order chi connectivity index (χ0) is 22.2. The zero-order valence-corrected chi connectivity index (χ0v) is 17.9. The van der Waals surface area contributed by atoms with E-state index in [0.29, 0.717) is 29.4 Å². The van der Waals surface area contributed by atoms with Crippen LogP contribution in [0.15, 0.2) is 48.0 Å². The van der Waals surface area contributed by atoms with Crippen molar-refractivity contribution in [3.63, 3.8) is 0 Å². The minimum atomic E-state index is -0.677. The number of rotatable bonds is 5. The van der Waals surface area contributed by atoms with Crippen molar-refractivity contribution in [2.75, 3.05) is 13.4 Å². The Balaban J connectivity index is 1.65. The van der Waals surface area contributed by atoms with E-state index in [1.807, 2.05) is 31.2 Å². The van der Waals surface area contributed by atoms with Crippen LogP contribution in [0.1, 0.15) is 49.8 Å². The molecule has 1 unspecified atom stereocenters.